The summed E-state index contributed by atoms with van der Waals surface area (Å²) in [6, 6.07) is 2.01. The van der Waals surface area contributed by atoms with Crippen LogP contribution in [0.3, 0.4) is 0 Å². The molecule has 3 aromatic rings. The maximum Gasteiger partial charge on any atom is 0.254 e. The number of nitrogens with one attached hydrogen (secondary N) is 1. The van der Waals surface area contributed by atoms with Crippen LogP contribution in [0.5, 0.6) is 0 Å². The fraction of sp³-hybridized carbons (Fsp3) is 0.562. The van der Waals surface area contributed by atoms with Crippen molar-refractivity contribution in [1.82, 2.24) is 34.3 Å². The number of hydrogen-bond acceptors (Lipinski definition) is 6. The molecule has 24 heavy (non-hydrogen) atoms. The van der Waals surface area contributed by atoms with Gasteiger partial charge in [-0.15, -0.1) is 10.2 Å². The van der Waals surface area contributed by atoms with Gasteiger partial charge in [-0.3, -0.25) is 0 Å². The van der Waals surface area contributed by atoms with Crippen LogP contribution in [0.2, 0.25) is 0 Å². The first-order valence-electron chi connectivity index (χ1n) is 8.45. The van der Waals surface area contributed by atoms with E-state index in [2.05, 4.69) is 49.0 Å². The molecule has 0 aromatic carbocycles. The summed E-state index contributed by atoms with van der Waals surface area (Å²) in [7, 11) is 0. The molecule has 0 radical (unpaired) electrons. The SMILES string of the molecule is Cc1cc(NC[C@@H]2CCc3nnc(C(C)C)n3C2)n2ncnc2n1. The quantitative estimate of drug-likeness (QED) is 0.787. The smallest absolute Gasteiger partial charge is 0.254 e. The molecule has 1 atom stereocenters. The molecule has 0 saturated heterocycles. The molecule has 0 fully saturated rings. The van der Waals surface area contributed by atoms with E-state index < -0.39 is 0 Å². The first-order chi connectivity index (χ1) is 11.6. The Morgan fingerprint density at radius 1 is 1.33 bits per heavy atom. The van der Waals surface area contributed by atoms with Crippen molar-refractivity contribution in [2.75, 3.05) is 11.9 Å². The van der Waals surface area contributed by atoms with Gasteiger partial charge < -0.3 is 9.88 Å². The monoisotopic (exact) mass is 326 g/mol. The molecule has 0 unspecified atom stereocenters. The summed E-state index contributed by atoms with van der Waals surface area (Å²) in [5.74, 6) is 4.72. The molecular formula is C16H22N8. The van der Waals surface area contributed by atoms with E-state index >= 15 is 0 Å². The van der Waals surface area contributed by atoms with Crippen molar-refractivity contribution in [1.29, 1.82) is 0 Å². The standard InChI is InChI=1S/C16H22N8/c1-10(2)15-22-21-13-5-4-12(8-23(13)15)7-17-14-6-11(3)20-16-18-9-19-24(14)16/h6,9-10,12,17H,4-5,7-8H2,1-3H3/t12-/m0/s1. The lowest BCUT2D eigenvalue weighted by Gasteiger charge is -2.25. The molecule has 0 saturated carbocycles. The van der Waals surface area contributed by atoms with E-state index in [1.54, 1.807) is 4.52 Å². The van der Waals surface area contributed by atoms with Crippen LogP contribution < -0.4 is 5.32 Å². The lowest BCUT2D eigenvalue weighted by molar-refractivity contribution is 0.371. The van der Waals surface area contributed by atoms with E-state index in [0.717, 1.165) is 49.1 Å². The van der Waals surface area contributed by atoms with Gasteiger partial charge in [-0.25, -0.2) is 4.98 Å². The molecule has 3 aromatic heterocycles. The summed E-state index contributed by atoms with van der Waals surface area (Å²) in [5, 5.41) is 16.5. The van der Waals surface area contributed by atoms with Crippen molar-refractivity contribution >= 4 is 11.6 Å². The van der Waals surface area contributed by atoms with E-state index in [4.69, 9.17) is 0 Å². The number of aromatic nitrogens is 7. The molecule has 0 amide bonds. The molecule has 1 N–H and O–H groups in total. The highest BCUT2D eigenvalue weighted by atomic mass is 15.4. The third kappa shape index (κ3) is 2.61. The van der Waals surface area contributed by atoms with E-state index in [9.17, 15) is 0 Å². The molecule has 4 heterocycles. The van der Waals surface area contributed by atoms with Crippen LogP contribution in [0.4, 0.5) is 5.82 Å². The molecule has 1 aliphatic rings. The number of aryl methyl sites for hydroxylation is 2. The van der Waals surface area contributed by atoms with Crippen molar-refractivity contribution in [3.8, 4) is 0 Å². The normalized spacial score (nSPS) is 17.4. The molecule has 4 rings (SSSR count). The predicted molar refractivity (Wildman–Crippen MR) is 89.9 cm³/mol. The van der Waals surface area contributed by atoms with Crippen LogP contribution in [-0.4, -0.2) is 40.9 Å². The average molecular weight is 326 g/mol. The van der Waals surface area contributed by atoms with Crippen LogP contribution in [0.1, 0.15) is 43.5 Å². The number of rotatable bonds is 4. The number of anilines is 1. The highest BCUT2D eigenvalue weighted by Crippen LogP contribution is 2.24. The summed E-state index contributed by atoms with van der Waals surface area (Å²) in [6.45, 7) is 8.15. The molecule has 0 bridgehead atoms. The highest BCUT2D eigenvalue weighted by Gasteiger charge is 2.24. The van der Waals surface area contributed by atoms with Gasteiger partial charge in [0.1, 0.15) is 23.8 Å². The summed E-state index contributed by atoms with van der Waals surface area (Å²) in [6.07, 6.45) is 3.64. The average Bonchev–Trinajstić information content (AvgIpc) is 3.18. The Balaban J connectivity index is 1.50. The molecule has 126 valence electrons. The van der Waals surface area contributed by atoms with Gasteiger partial charge >= 0.3 is 0 Å². The minimum Gasteiger partial charge on any atom is -0.370 e. The Labute approximate surface area is 140 Å². The van der Waals surface area contributed by atoms with E-state index in [-0.39, 0.29) is 0 Å². The van der Waals surface area contributed by atoms with E-state index in [1.165, 1.54) is 6.33 Å². The molecule has 8 heteroatoms. The van der Waals surface area contributed by atoms with Gasteiger partial charge in [-0.05, 0) is 19.3 Å². The Morgan fingerprint density at radius 3 is 3.04 bits per heavy atom. The zero-order valence-electron chi connectivity index (χ0n) is 14.3. The zero-order chi connectivity index (χ0) is 16.7. The molecule has 0 spiro atoms. The molecule has 1 aliphatic heterocycles. The third-order valence-electron chi connectivity index (χ3n) is 4.54. The van der Waals surface area contributed by atoms with Gasteiger partial charge in [0.05, 0.1) is 0 Å². The van der Waals surface area contributed by atoms with Crippen molar-refractivity contribution in [3.05, 3.63) is 29.7 Å². The van der Waals surface area contributed by atoms with Crippen molar-refractivity contribution in [3.63, 3.8) is 0 Å². The number of fused-ring (bicyclic) bond motifs is 2. The predicted octanol–water partition coefficient (Wildman–Crippen LogP) is 1.82. The summed E-state index contributed by atoms with van der Waals surface area (Å²) >= 11 is 0. The number of hydrogen-bond donors (Lipinski definition) is 1. The summed E-state index contributed by atoms with van der Waals surface area (Å²) in [4.78, 5) is 8.54. The second-order valence-electron chi connectivity index (χ2n) is 6.78. The van der Waals surface area contributed by atoms with E-state index in [0.29, 0.717) is 17.6 Å². The molecule has 8 nitrogen and oxygen atoms in total. The number of nitrogens with zero attached hydrogens (tertiary/aromatic N) is 7. The van der Waals surface area contributed by atoms with E-state index in [1.807, 2.05) is 13.0 Å². The van der Waals surface area contributed by atoms with Gasteiger partial charge in [0.25, 0.3) is 5.78 Å². The fourth-order valence-electron chi connectivity index (χ4n) is 3.31. The molecular weight excluding hydrogens is 304 g/mol. The fourth-order valence-corrected chi connectivity index (χ4v) is 3.31. The van der Waals surface area contributed by atoms with Gasteiger partial charge in [-0.2, -0.15) is 14.6 Å². The molecule has 0 aliphatic carbocycles. The lowest BCUT2D eigenvalue weighted by atomic mass is 9.98. The van der Waals surface area contributed by atoms with Crippen LogP contribution in [-0.2, 0) is 13.0 Å². The minimum atomic E-state index is 0.399. The zero-order valence-corrected chi connectivity index (χ0v) is 14.3. The lowest BCUT2D eigenvalue weighted by Crippen LogP contribution is -2.28. The topological polar surface area (TPSA) is 85.8 Å². The van der Waals surface area contributed by atoms with Crippen LogP contribution in [0, 0.1) is 12.8 Å². The third-order valence-corrected chi connectivity index (χ3v) is 4.54. The Bertz CT molecular complexity index is 862. The summed E-state index contributed by atoms with van der Waals surface area (Å²) in [5.41, 5.74) is 0.935. The Hall–Kier alpha value is -2.51. The second-order valence-corrected chi connectivity index (χ2v) is 6.78. The maximum absolute atomic E-state index is 4.37. The van der Waals surface area contributed by atoms with Crippen molar-refractivity contribution < 1.29 is 0 Å². The summed E-state index contributed by atoms with van der Waals surface area (Å²) < 4.78 is 4.04. The largest absolute Gasteiger partial charge is 0.370 e. The first kappa shape index (κ1) is 15.0. The van der Waals surface area contributed by atoms with Gasteiger partial charge in [0.2, 0.25) is 0 Å². The van der Waals surface area contributed by atoms with Crippen molar-refractivity contribution in [2.45, 2.75) is 46.1 Å². The Kier molecular flexibility index (Phi) is 3.66. The minimum absolute atomic E-state index is 0.399. The Morgan fingerprint density at radius 2 is 2.21 bits per heavy atom. The van der Waals surface area contributed by atoms with Crippen LogP contribution in [0.15, 0.2) is 12.4 Å². The highest BCUT2D eigenvalue weighted by molar-refractivity contribution is 5.44. The van der Waals surface area contributed by atoms with Crippen LogP contribution >= 0.6 is 0 Å². The van der Waals surface area contributed by atoms with Crippen molar-refractivity contribution in [2.24, 2.45) is 5.92 Å². The first-order valence-corrected chi connectivity index (χ1v) is 8.45. The van der Waals surface area contributed by atoms with Gasteiger partial charge in [0.15, 0.2) is 0 Å². The second kappa shape index (κ2) is 5.85. The van der Waals surface area contributed by atoms with Gasteiger partial charge in [0, 0.05) is 37.2 Å². The maximum atomic E-state index is 4.37. The van der Waals surface area contributed by atoms with Gasteiger partial charge in [-0.1, -0.05) is 13.8 Å². The van der Waals surface area contributed by atoms with Crippen LogP contribution in [0.25, 0.3) is 5.78 Å².